The molecule has 0 saturated heterocycles. The molecule has 0 atom stereocenters. The minimum atomic E-state index is -0.261. The van der Waals surface area contributed by atoms with Crippen molar-refractivity contribution in [2.24, 2.45) is 5.73 Å². The summed E-state index contributed by atoms with van der Waals surface area (Å²) in [5.74, 6) is 0.987. The molecule has 1 aromatic rings. The van der Waals surface area contributed by atoms with Crippen molar-refractivity contribution in [3.05, 3.63) is 18.1 Å². The van der Waals surface area contributed by atoms with Crippen LogP contribution in [0.3, 0.4) is 0 Å². The summed E-state index contributed by atoms with van der Waals surface area (Å²) in [6.45, 7) is 8.84. The molecule has 0 amide bonds. The topological polar surface area (TPSA) is 61.0 Å². The molecule has 1 aromatic heterocycles. The Morgan fingerprint density at radius 2 is 1.94 bits per heavy atom. The Kier molecular flexibility index (Phi) is 4.87. The highest BCUT2D eigenvalue weighted by molar-refractivity contribution is 5.16. The molecule has 0 spiro atoms. The molecule has 96 valence electrons. The van der Waals surface area contributed by atoms with Crippen LogP contribution in [0.5, 0.6) is 5.88 Å². The molecule has 0 aliphatic rings. The molecule has 0 aromatic carbocycles. The molecule has 4 nitrogen and oxygen atoms in total. The monoisotopic (exact) mass is 237 g/mol. The van der Waals surface area contributed by atoms with Crippen LogP contribution in [-0.4, -0.2) is 22.1 Å². The third kappa shape index (κ3) is 3.97. The third-order valence-electron chi connectivity index (χ3n) is 3.17. The Morgan fingerprint density at radius 1 is 1.29 bits per heavy atom. The van der Waals surface area contributed by atoms with Gasteiger partial charge in [-0.25, -0.2) is 9.97 Å². The SMILES string of the molecule is CCC(N)(CC)COc1cc(C(C)C)ncn1. The van der Waals surface area contributed by atoms with Crippen LogP contribution in [0, 0.1) is 0 Å². The Labute approximate surface area is 104 Å². The molecule has 0 aliphatic heterocycles. The molecule has 0 bridgehead atoms. The number of hydrogen-bond donors (Lipinski definition) is 1. The molecular weight excluding hydrogens is 214 g/mol. The summed E-state index contributed by atoms with van der Waals surface area (Å²) in [6.07, 6.45) is 3.33. The Hall–Kier alpha value is -1.16. The fourth-order valence-corrected chi connectivity index (χ4v) is 1.42. The summed E-state index contributed by atoms with van der Waals surface area (Å²) in [4.78, 5) is 8.31. The number of hydrogen-bond acceptors (Lipinski definition) is 4. The first kappa shape index (κ1) is 13.9. The van der Waals surface area contributed by atoms with E-state index >= 15 is 0 Å². The zero-order chi connectivity index (χ0) is 12.9. The second-order valence-electron chi connectivity index (χ2n) is 4.79. The van der Waals surface area contributed by atoms with Crippen LogP contribution in [0.4, 0.5) is 0 Å². The van der Waals surface area contributed by atoms with Gasteiger partial charge in [0.15, 0.2) is 0 Å². The van der Waals surface area contributed by atoms with E-state index in [4.69, 9.17) is 10.5 Å². The van der Waals surface area contributed by atoms with E-state index in [1.807, 2.05) is 6.07 Å². The maximum Gasteiger partial charge on any atom is 0.216 e. The quantitative estimate of drug-likeness (QED) is 0.825. The van der Waals surface area contributed by atoms with E-state index < -0.39 is 0 Å². The van der Waals surface area contributed by atoms with Crippen LogP contribution in [-0.2, 0) is 0 Å². The summed E-state index contributed by atoms with van der Waals surface area (Å²) in [6, 6.07) is 1.89. The fraction of sp³-hybridized carbons (Fsp3) is 0.692. The molecule has 0 saturated carbocycles. The molecule has 1 rings (SSSR count). The van der Waals surface area contributed by atoms with Gasteiger partial charge < -0.3 is 10.5 Å². The predicted octanol–water partition coefficient (Wildman–Crippen LogP) is 2.50. The zero-order valence-electron chi connectivity index (χ0n) is 11.2. The van der Waals surface area contributed by atoms with Crippen LogP contribution < -0.4 is 10.5 Å². The van der Waals surface area contributed by atoms with Crippen molar-refractivity contribution in [2.45, 2.75) is 52.0 Å². The summed E-state index contributed by atoms with van der Waals surface area (Å²) < 4.78 is 5.67. The largest absolute Gasteiger partial charge is 0.476 e. The average molecular weight is 237 g/mol. The number of ether oxygens (including phenoxy) is 1. The number of rotatable bonds is 6. The number of aromatic nitrogens is 2. The van der Waals surface area contributed by atoms with Crippen molar-refractivity contribution >= 4 is 0 Å². The van der Waals surface area contributed by atoms with Gasteiger partial charge >= 0.3 is 0 Å². The molecule has 2 N–H and O–H groups in total. The Bertz CT molecular complexity index is 348. The molecule has 4 heteroatoms. The van der Waals surface area contributed by atoms with Gasteiger partial charge in [-0.1, -0.05) is 27.7 Å². The van der Waals surface area contributed by atoms with E-state index in [0.717, 1.165) is 18.5 Å². The first-order valence-corrected chi connectivity index (χ1v) is 6.24. The predicted molar refractivity (Wildman–Crippen MR) is 69.1 cm³/mol. The first-order chi connectivity index (χ1) is 8.00. The first-order valence-electron chi connectivity index (χ1n) is 6.24. The minimum absolute atomic E-state index is 0.261. The number of nitrogens with two attached hydrogens (primary N) is 1. The van der Waals surface area contributed by atoms with Gasteiger partial charge in [-0.2, -0.15) is 0 Å². The number of nitrogens with zero attached hydrogens (tertiary/aromatic N) is 2. The lowest BCUT2D eigenvalue weighted by Crippen LogP contribution is -2.44. The van der Waals surface area contributed by atoms with Gasteiger partial charge in [0, 0.05) is 11.6 Å². The lowest BCUT2D eigenvalue weighted by Gasteiger charge is -2.26. The smallest absolute Gasteiger partial charge is 0.216 e. The van der Waals surface area contributed by atoms with Crippen molar-refractivity contribution in [3.8, 4) is 5.88 Å². The molecular formula is C13H23N3O. The zero-order valence-corrected chi connectivity index (χ0v) is 11.2. The molecule has 0 unspecified atom stereocenters. The minimum Gasteiger partial charge on any atom is -0.476 e. The second-order valence-corrected chi connectivity index (χ2v) is 4.79. The molecule has 1 heterocycles. The molecule has 0 radical (unpaired) electrons. The second kappa shape index (κ2) is 5.96. The van der Waals surface area contributed by atoms with Crippen molar-refractivity contribution in [1.29, 1.82) is 0 Å². The summed E-state index contributed by atoms with van der Waals surface area (Å²) >= 11 is 0. The van der Waals surface area contributed by atoms with Crippen molar-refractivity contribution < 1.29 is 4.74 Å². The standard InChI is InChI=1S/C13H23N3O/c1-5-13(14,6-2)8-17-12-7-11(10(3)4)15-9-16-12/h7,9-10H,5-6,8,14H2,1-4H3. The molecule has 0 fully saturated rings. The van der Waals surface area contributed by atoms with Gasteiger partial charge in [0.25, 0.3) is 0 Å². The molecule has 0 aliphatic carbocycles. The van der Waals surface area contributed by atoms with Gasteiger partial charge in [-0.3, -0.25) is 0 Å². The van der Waals surface area contributed by atoms with E-state index in [1.54, 1.807) is 6.33 Å². The van der Waals surface area contributed by atoms with Crippen molar-refractivity contribution in [1.82, 2.24) is 9.97 Å². The van der Waals surface area contributed by atoms with Crippen LogP contribution >= 0.6 is 0 Å². The maximum atomic E-state index is 6.17. The van der Waals surface area contributed by atoms with Gasteiger partial charge in [-0.05, 0) is 18.8 Å². The van der Waals surface area contributed by atoms with Gasteiger partial charge in [-0.15, -0.1) is 0 Å². The lowest BCUT2D eigenvalue weighted by atomic mass is 9.96. The highest BCUT2D eigenvalue weighted by atomic mass is 16.5. The maximum absolute atomic E-state index is 6.17. The van der Waals surface area contributed by atoms with Crippen LogP contribution in [0.2, 0.25) is 0 Å². The molecule has 17 heavy (non-hydrogen) atoms. The van der Waals surface area contributed by atoms with Gasteiger partial charge in [0.2, 0.25) is 5.88 Å². The lowest BCUT2D eigenvalue weighted by molar-refractivity contribution is 0.200. The average Bonchev–Trinajstić information content (AvgIpc) is 2.36. The van der Waals surface area contributed by atoms with E-state index in [1.165, 1.54) is 0 Å². The normalized spacial score (nSPS) is 11.9. The summed E-state index contributed by atoms with van der Waals surface area (Å²) in [7, 11) is 0. The highest BCUT2D eigenvalue weighted by Crippen LogP contribution is 2.17. The van der Waals surface area contributed by atoms with Crippen molar-refractivity contribution in [3.63, 3.8) is 0 Å². The van der Waals surface area contributed by atoms with Crippen LogP contribution in [0.25, 0.3) is 0 Å². The van der Waals surface area contributed by atoms with E-state index in [2.05, 4.69) is 37.7 Å². The van der Waals surface area contributed by atoms with Gasteiger partial charge in [0.1, 0.15) is 12.9 Å². The third-order valence-corrected chi connectivity index (χ3v) is 3.17. The van der Waals surface area contributed by atoms with E-state index in [-0.39, 0.29) is 5.54 Å². The Morgan fingerprint density at radius 3 is 2.47 bits per heavy atom. The van der Waals surface area contributed by atoms with Gasteiger partial charge in [0.05, 0.1) is 5.69 Å². The summed E-state index contributed by atoms with van der Waals surface area (Å²) in [5, 5.41) is 0. The highest BCUT2D eigenvalue weighted by Gasteiger charge is 2.21. The van der Waals surface area contributed by atoms with Crippen molar-refractivity contribution in [2.75, 3.05) is 6.61 Å². The van der Waals surface area contributed by atoms with E-state index in [0.29, 0.717) is 18.4 Å². The fourth-order valence-electron chi connectivity index (χ4n) is 1.42. The van der Waals surface area contributed by atoms with E-state index in [9.17, 15) is 0 Å². The van der Waals surface area contributed by atoms with Crippen LogP contribution in [0.1, 0.15) is 52.1 Å². The summed E-state index contributed by atoms with van der Waals surface area (Å²) in [5.41, 5.74) is 6.90. The van der Waals surface area contributed by atoms with Crippen LogP contribution in [0.15, 0.2) is 12.4 Å². The Balaban J connectivity index is 2.66.